The van der Waals surface area contributed by atoms with Gasteiger partial charge in [-0.25, -0.2) is 4.79 Å². The highest BCUT2D eigenvalue weighted by molar-refractivity contribution is 5.74. The molecule has 4 nitrogen and oxygen atoms in total. The van der Waals surface area contributed by atoms with E-state index in [4.69, 9.17) is 4.74 Å². The summed E-state index contributed by atoms with van der Waals surface area (Å²) in [5.74, 6) is 0. The second-order valence-corrected chi connectivity index (χ2v) is 7.37. The van der Waals surface area contributed by atoms with E-state index in [1.807, 2.05) is 4.90 Å². The monoisotopic (exact) mass is 330 g/mol. The summed E-state index contributed by atoms with van der Waals surface area (Å²) < 4.78 is 5.50. The van der Waals surface area contributed by atoms with Crippen molar-refractivity contribution in [3.05, 3.63) is 35.4 Å². The van der Waals surface area contributed by atoms with Gasteiger partial charge in [0.1, 0.15) is 0 Å². The Balaban J connectivity index is 1.51. The Morgan fingerprint density at radius 1 is 1.17 bits per heavy atom. The molecule has 0 radical (unpaired) electrons. The van der Waals surface area contributed by atoms with Crippen molar-refractivity contribution in [1.82, 2.24) is 10.2 Å². The van der Waals surface area contributed by atoms with Gasteiger partial charge < -0.3 is 15.0 Å². The van der Waals surface area contributed by atoms with Crippen LogP contribution in [0.5, 0.6) is 0 Å². The highest BCUT2D eigenvalue weighted by Gasteiger charge is 2.37. The molecule has 1 unspecified atom stereocenters. The Kier molecular flexibility index (Phi) is 5.44. The number of benzene rings is 1. The SMILES string of the molecule is CCc1ccc(C(C)NC(=O)N2CCC3(CCOCC3)CC2)cc1. The molecule has 0 saturated carbocycles. The molecule has 1 aromatic carbocycles. The molecule has 2 amide bonds. The van der Waals surface area contributed by atoms with Crippen molar-refractivity contribution in [2.75, 3.05) is 26.3 Å². The molecule has 132 valence electrons. The normalized spacial score (nSPS) is 21.5. The fourth-order valence-corrected chi connectivity index (χ4v) is 3.89. The number of nitrogens with one attached hydrogen (secondary N) is 1. The number of carbonyl (C=O) groups is 1. The van der Waals surface area contributed by atoms with E-state index in [1.54, 1.807) is 0 Å². The maximum atomic E-state index is 12.6. The standard InChI is InChI=1S/C20H30N2O2/c1-3-17-4-6-18(7-5-17)16(2)21-19(23)22-12-8-20(9-13-22)10-14-24-15-11-20/h4-7,16H,3,8-15H2,1-2H3,(H,21,23). The van der Waals surface area contributed by atoms with Crippen molar-refractivity contribution >= 4 is 6.03 Å². The number of nitrogens with zero attached hydrogens (tertiary/aromatic N) is 1. The molecular weight excluding hydrogens is 300 g/mol. The summed E-state index contributed by atoms with van der Waals surface area (Å²) in [6.45, 7) is 7.72. The van der Waals surface area contributed by atoms with Gasteiger partial charge in [-0.3, -0.25) is 0 Å². The molecule has 0 aromatic heterocycles. The number of amides is 2. The summed E-state index contributed by atoms with van der Waals surface area (Å²) in [7, 11) is 0. The second kappa shape index (κ2) is 7.56. The molecule has 0 bridgehead atoms. The molecule has 0 aliphatic carbocycles. The van der Waals surface area contributed by atoms with Crippen LogP contribution in [0.4, 0.5) is 4.79 Å². The van der Waals surface area contributed by atoms with Crippen LogP contribution in [0.25, 0.3) is 0 Å². The lowest BCUT2D eigenvalue weighted by molar-refractivity contribution is -0.0146. The number of aryl methyl sites for hydroxylation is 1. The van der Waals surface area contributed by atoms with Crippen molar-refractivity contribution in [1.29, 1.82) is 0 Å². The number of likely N-dealkylation sites (tertiary alicyclic amines) is 1. The molecule has 1 aromatic rings. The van der Waals surface area contributed by atoms with E-state index < -0.39 is 0 Å². The zero-order valence-corrected chi connectivity index (χ0v) is 15.0. The quantitative estimate of drug-likeness (QED) is 0.913. The number of hydrogen-bond acceptors (Lipinski definition) is 2. The molecular formula is C20H30N2O2. The lowest BCUT2D eigenvalue weighted by Gasteiger charge is -2.44. The number of piperidine rings is 1. The third kappa shape index (κ3) is 3.92. The average molecular weight is 330 g/mol. The van der Waals surface area contributed by atoms with Crippen LogP contribution >= 0.6 is 0 Å². The summed E-state index contributed by atoms with van der Waals surface area (Å²) >= 11 is 0. The molecule has 1 atom stereocenters. The number of hydrogen-bond donors (Lipinski definition) is 1. The highest BCUT2D eigenvalue weighted by Crippen LogP contribution is 2.40. The van der Waals surface area contributed by atoms with Crippen LogP contribution in [0.2, 0.25) is 0 Å². The maximum absolute atomic E-state index is 12.6. The molecule has 1 N–H and O–H groups in total. The molecule has 2 aliphatic heterocycles. The van der Waals surface area contributed by atoms with Crippen LogP contribution in [0.3, 0.4) is 0 Å². The van der Waals surface area contributed by atoms with E-state index in [9.17, 15) is 4.79 Å². The van der Waals surface area contributed by atoms with E-state index in [-0.39, 0.29) is 12.1 Å². The first-order valence-corrected chi connectivity index (χ1v) is 9.34. The van der Waals surface area contributed by atoms with Crippen molar-refractivity contribution in [3.8, 4) is 0 Å². The van der Waals surface area contributed by atoms with Gasteiger partial charge in [-0.05, 0) is 55.6 Å². The predicted octanol–water partition coefficient (Wildman–Crippen LogP) is 3.91. The predicted molar refractivity (Wildman–Crippen MR) is 96.1 cm³/mol. The highest BCUT2D eigenvalue weighted by atomic mass is 16.5. The summed E-state index contributed by atoms with van der Waals surface area (Å²) in [6, 6.07) is 8.65. The lowest BCUT2D eigenvalue weighted by atomic mass is 9.72. The number of ether oxygens (including phenoxy) is 1. The Hall–Kier alpha value is -1.55. The van der Waals surface area contributed by atoms with Crippen molar-refractivity contribution in [3.63, 3.8) is 0 Å². The Morgan fingerprint density at radius 3 is 2.38 bits per heavy atom. The van der Waals surface area contributed by atoms with Crippen LogP contribution in [-0.2, 0) is 11.2 Å². The molecule has 1 spiro atoms. The fraction of sp³-hybridized carbons (Fsp3) is 0.650. The Bertz CT molecular complexity index is 539. The minimum absolute atomic E-state index is 0.0439. The van der Waals surface area contributed by atoms with Gasteiger partial charge in [0.2, 0.25) is 0 Å². The summed E-state index contributed by atoms with van der Waals surface area (Å²) in [5, 5.41) is 3.16. The first-order valence-electron chi connectivity index (χ1n) is 9.34. The van der Waals surface area contributed by atoms with Gasteiger partial charge in [-0.2, -0.15) is 0 Å². The minimum Gasteiger partial charge on any atom is -0.381 e. The largest absolute Gasteiger partial charge is 0.381 e. The van der Waals surface area contributed by atoms with E-state index in [2.05, 4.69) is 43.4 Å². The fourth-order valence-electron chi connectivity index (χ4n) is 3.89. The molecule has 2 fully saturated rings. The van der Waals surface area contributed by atoms with Gasteiger partial charge in [0.05, 0.1) is 6.04 Å². The van der Waals surface area contributed by atoms with Gasteiger partial charge in [0.15, 0.2) is 0 Å². The smallest absolute Gasteiger partial charge is 0.317 e. The third-order valence-corrected chi connectivity index (χ3v) is 5.89. The van der Waals surface area contributed by atoms with E-state index in [1.165, 1.54) is 11.1 Å². The van der Waals surface area contributed by atoms with Gasteiger partial charge in [0.25, 0.3) is 0 Å². The number of urea groups is 1. The second-order valence-electron chi connectivity index (χ2n) is 7.37. The van der Waals surface area contributed by atoms with Crippen LogP contribution < -0.4 is 5.32 Å². The molecule has 3 rings (SSSR count). The van der Waals surface area contributed by atoms with Crippen molar-refractivity contribution < 1.29 is 9.53 Å². The van der Waals surface area contributed by atoms with E-state index >= 15 is 0 Å². The first-order chi connectivity index (χ1) is 11.6. The summed E-state index contributed by atoms with van der Waals surface area (Å²) in [4.78, 5) is 14.6. The molecule has 2 aliphatic rings. The van der Waals surface area contributed by atoms with E-state index in [0.717, 1.165) is 58.4 Å². The van der Waals surface area contributed by atoms with Crippen LogP contribution in [-0.4, -0.2) is 37.2 Å². The minimum atomic E-state index is 0.0439. The summed E-state index contributed by atoms with van der Waals surface area (Å²) in [5.41, 5.74) is 2.92. The first kappa shape index (κ1) is 17.3. The van der Waals surface area contributed by atoms with E-state index in [0.29, 0.717) is 5.41 Å². The lowest BCUT2D eigenvalue weighted by Crippen LogP contribution is -2.49. The molecule has 24 heavy (non-hydrogen) atoms. The maximum Gasteiger partial charge on any atom is 0.317 e. The Morgan fingerprint density at radius 2 is 1.79 bits per heavy atom. The van der Waals surface area contributed by atoms with Crippen LogP contribution in [0.15, 0.2) is 24.3 Å². The van der Waals surface area contributed by atoms with Crippen LogP contribution in [0.1, 0.15) is 56.7 Å². The van der Waals surface area contributed by atoms with Gasteiger partial charge in [-0.1, -0.05) is 31.2 Å². The zero-order valence-electron chi connectivity index (χ0n) is 15.0. The molecule has 4 heteroatoms. The van der Waals surface area contributed by atoms with Crippen molar-refractivity contribution in [2.24, 2.45) is 5.41 Å². The van der Waals surface area contributed by atoms with Gasteiger partial charge in [-0.15, -0.1) is 0 Å². The number of rotatable bonds is 3. The van der Waals surface area contributed by atoms with Crippen molar-refractivity contribution in [2.45, 2.75) is 52.0 Å². The molecule has 2 saturated heterocycles. The van der Waals surface area contributed by atoms with Gasteiger partial charge >= 0.3 is 6.03 Å². The average Bonchev–Trinajstić information content (AvgIpc) is 2.63. The topological polar surface area (TPSA) is 41.6 Å². The number of carbonyl (C=O) groups excluding carboxylic acids is 1. The third-order valence-electron chi connectivity index (χ3n) is 5.89. The zero-order chi connectivity index (χ0) is 17.0. The summed E-state index contributed by atoms with van der Waals surface area (Å²) in [6.07, 6.45) is 5.58. The molecule has 2 heterocycles. The Labute approximate surface area is 145 Å². The van der Waals surface area contributed by atoms with Gasteiger partial charge in [0, 0.05) is 26.3 Å². The van der Waals surface area contributed by atoms with Crippen LogP contribution in [0, 0.1) is 5.41 Å².